The van der Waals surface area contributed by atoms with Gasteiger partial charge in [0.05, 0.1) is 12.5 Å². The van der Waals surface area contributed by atoms with Crippen LogP contribution in [-0.2, 0) is 11.2 Å². The zero-order valence-electron chi connectivity index (χ0n) is 10.0. The summed E-state index contributed by atoms with van der Waals surface area (Å²) < 4.78 is 0. The molecular weight excluding hydrogens is 216 g/mol. The van der Waals surface area contributed by atoms with Crippen molar-refractivity contribution in [3.63, 3.8) is 0 Å². The van der Waals surface area contributed by atoms with Crippen molar-refractivity contribution >= 4 is 5.91 Å². The van der Waals surface area contributed by atoms with Crippen molar-refractivity contribution in [3.05, 3.63) is 30.1 Å². The van der Waals surface area contributed by atoms with E-state index in [1.807, 2.05) is 19.1 Å². The number of carbonyl (C=O) groups is 1. The minimum Gasteiger partial charge on any atom is -0.391 e. The van der Waals surface area contributed by atoms with Crippen LogP contribution in [0.3, 0.4) is 0 Å². The first-order valence-electron chi connectivity index (χ1n) is 6.01. The molecule has 2 unspecified atom stereocenters. The molecule has 1 amide bonds. The maximum absolute atomic E-state index is 12.0. The smallest absolute Gasteiger partial charge is 0.227 e. The third-order valence-corrected chi connectivity index (χ3v) is 3.35. The van der Waals surface area contributed by atoms with E-state index in [9.17, 15) is 9.90 Å². The van der Waals surface area contributed by atoms with Crippen LogP contribution in [0, 0.1) is 5.92 Å². The van der Waals surface area contributed by atoms with Crippen LogP contribution in [0.2, 0.25) is 0 Å². The van der Waals surface area contributed by atoms with E-state index in [0.29, 0.717) is 13.0 Å². The van der Waals surface area contributed by atoms with Gasteiger partial charge in [0.2, 0.25) is 5.91 Å². The molecule has 1 aliphatic rings. The lowest BCUT2D eigenvalue weighted by molar-refractivity contribution is -0.134. The van der Waals surface area contributed by atoms with Gasteiger partial charge in [0.1, 0.15) is 0 Å². The summed E-state index contributed by atoms with van der Waals surface area (Å²) in [4.78, 5) is 17.7. The molecule has 1 aromatic heterocycles. The molecule has 1 aromatic rings. The van der Waals surface area contributed by atoms with Crippen molar-refractivity contribution in [2.45, 2.75) is 25.9 Å². The van der Waals surface area contributed by atoms with E-state index in [1.165, 1.54) is 0 Å². The first-order chi connectivity index (χ1) is 8.16. The summed E-state index contributed by atoms with van der Waals surface area (Å²) in [6, 6.07) is 3.73. The van der Waals surface area contributed by atoms with Gasteiger partial charge in [-0.15, -0.1) is 0 Å². The highest BCUT2D eigenvalue weighted by Gasteiger charge is 2.26. The Bertz CT molecular complexity index is 380. The van der Waals surface area contributed by atoms with Gasteiger partial charge in [0, 0.05) is 25.5 Å². The molecule has 0 spiro atoms. The van der Waals surface area contributed by atoms with Gasteiger partial charge in [-0.2, -0.15) is 0 Å². The van der Waals surface area contributed by atoms with Crippen molar-refractivity contribution in [2.75, 3.05) is 13.1 Å². The molecule has 0 aliphatic carbocycles. The quantitative estimate of drug-likeness (QED) is 0.825. The van der Waals surface area contributed by atoms with Gasteiger partial charge in [-0.05, 0) is 24.0 Å². The van der Waals surface area contributed by atoms with E-state index < -0.39 is 0 Å². The third kappa shape index (κ3) is 3.03. The van der Waals surface area contributed by atoms with Crippen molar-refractivity contribution in [1.82, 2.24) is 9.88 Å². The topological polar surface area (TPSA) is 53.4 Å². The third-order valence-electron chi connectivity index (χ3n) is 3.35. The lowest BCUT2D eigenvalue weighted by Crippen LogP contribution is -2.46. The van der Waals surface area contributed by atoms with Gasteiger partial charge < -0.3 is 10.0 Å². The number of likely N-dealkylation sites (tertiary alicyclic amines) is 1. The van der Waals surface area contributed by atoms with E-state index in [2.05, 4.69) is 4.98 Å². The predicted octanol–water partition coefficient (Wildman–Crippen LogP) is 0.853. The Morgan fingerprint density at radius 1 is 1.65 bits per heavy atom. The lowest BCUT2D eigenvalue weighted by Gasteiger charge is -2.34. The number of aliphatic hydroxyl groups excluding tert-OH is 1. The van der Waals surface area contributed by atoms with E-state index in [-0.39, 0.29) is 17.9 Å². The minimum atomic E-state index is -0.387. The van der Waals surface area contributed by atoms with Gasteiger partial charge in [-0.1, -0.05) is 13.0 Å². The Balaban J connectivity index is 1.93. The maximum atomic E-state index is 12.0. The van der Waals surface area contributed by atoms with Crippen LogP contribution in [0.5, 0.6) is 0 Å². The predicted molar refractivity (Wildman–Crippen MR) is 64.3 cm³/mol. The molecule has 4 heteroatoms. The second kappa shape index (κ2) is 5.27. The average Bonchev–Trinajstić information content (AvgIpc) is 2.34. The second-order valence-electron chi connectivity index (χ2n) is 4.71. The van der Waals surface area contributed by atoms with Crippen molar-refractivity contribution in [3.8, 4) is 0 Å². The number of aliphatic hydroxyl groups is 1. The van der Waals surface area contributed by atoms with Crippen LogP contribution in [0.1, 0.15) is 18.9 Å². The van der Waals surface area contributed by atoms with E-state index in [4.69, 9.17) is 0 Å². The number of hydrogen-bond acceptors (Lipinski definition) is 3. The van der Waals surface area contributed by atoms with Crippen LogP contribution < -0.4 is 0 Å². The Labute approximate surface area is 101 Å². The van der Waals surface area contributed by atoms with Gasteiger partial charge >= 0.3 is 0 Å². The largest absolute Gasteiger partial charge is 0.391 e. The number of β-amino-alcohol motifs (C(OH)–C–C–N with tert-alkyl or cyclic N) is 1. The zero-order valence-corrected chi connectivity index (χ0v) is 10.0. The summed E-state index contributed by atoms with van der Waals surface area (Å²) in [5.74, 6) is 0.362. The number of rotatable bonds is 2. The van der Waals surface area contributed by atoms with Gasteiger partial charge in [-0.3, -0.25) is 9.78 Å². The van der Waals surface area contributed by atoms with Crippen LogP contribution in [0.4, 0.5) is 0 Å². The van der Waals surface area contributed by atoms with E-state index >= 15 is 0 Å². The fourth-order valence-corrected chi connectivity index (χ4v) is 2.06. The molecule has 17 heavy (non-hydrogen) atoms. The Kier molecular flexibility index (Phi) is 3.74. The summed E-state index contributed by atoms with van der Waals surface area (Å²) in [5, 5.41) is 9.76. The summed E-state index contributed by atoms with van der Waals surface area (Å²) in [5.41, 5.74) is 0.922. The molecule has 2 atom stereocenters. The first kappa shape index (κ1) is 12.0. The standard InChI is InChI=1S/C13H18N2O2/c1-10-4-6-15(9-12(10)16)13(17)7-11-3-2-5-14-8-11/h2-3,5,8,10,12,16H,4,6-7,9H2,1H3. The minimum absolute atomic E-state index is 0.0731. The molecule has 2 heterocycles. The molecular formula is C13H18N2O2. The van der Waals surface area contributed by atoms with Crippen molar-refractivity contribution in [2.24, 2.45) is 5.92 Å². The number of amides is 1. The van der Waals surface area contributed by atoms with Crippen LogP contribution in [-0.4, -0.2) is 40.1 Å². The monoisotopic (exact) mass is 234 g/mol. The highest BCUT2D eigenvalue weighted by atomic mass is 16.3. The van der Waals surface area contributed by atoms with Crippen molar-refractivity contribution in [1.29, 1.82) is 0 Å². The Hall–Kier alpha value is -1.42. The highest BCUT2D eigenvalue weighted by molar-refractivity contribution is 5.78. The van der Waals surface area contributed by atoms with Crippen LogP contribution in [0.25, 0.3) is 0 Å². The Morgan fingerprint density at radius 2 is 2.47 bits per heavy atom. The highest BCUT2D eigenvalue weighted by Crippen LogP contribution is 2.17. The molecule has 1 N–H and O–H groups in total. The lowest BCUT2D eigenvalue weighted by atomic mass is 9.95. The van der Waals surface area contributed by atoms with Gasteiger partial charge in [-0.25, -0.2) is 0 Å². The zero-order chi connectivity index (χ0) is 12.3. The molecule has 0 saturated carbocycles. The van der Waals surface area contributed by atoms with E-state index in [0.717, 1.165) is 18.5 Å². The summed E-state index contributed by atoms with van der Waals surface area (Å²) >= 11 is 0. The number of carbonyl (C=O) groups excluding carboxylic acids is 1. The molecule has 1 fully saturated rings. The molecule has 2 rings (SSSR count). The fraction of sp³-hybridized carbons (Fsp3) is 0.538. The number of pyridine rings is 1. The summed E-state index contributed by atoms with van der Waals surface area (Å²) in [7, 11) is 0. The molecule has 1 aliphatic heterocycles. The molecule has 0 radical (unpaired) electrons. The summed E-state index contributed by atoms with van der Waals surface area (Å²) in [6.45, 7) is 3.23. The van der Waals surface area contributed by atoms with Crippen LogP contribution >= 0.6 is 0 Å². The molecule has 92 valence electrons. The number of nitrogens with zero attached hydrogens (tertiary/aromatic N) is 2. The summed E-state index contributed by atoms with van der Waals surface area (Å²) in [6.07, 6.45) is 4.26. The average molecular weight is 234 g/mol. The second-order valence-corrected chi connectivity index (χ2v) is 4.71. The fourth-order valence-electron chi connectivity index (χ4n) is 2.06. The molecule has 0 aromatic carbocycles. The molecule has 0 bridgehead atoms. The number of aromatic nitrogens is 1. The SMILES string of the molecule is CC1CCN(C(=O)Cc2cccnc2)CC1O. The van der Waals surface area contributed by atoms with E-state index in [1.54, 1.807) is 17.3 Å². The Morgan fingerprint density at radius 3 is 3.12 bits per heavy atom. The molecule has 4 nitrogen and oxygen atoms in total. The molecule has 1 saturated heterocycles. The number of hydrogen-bond donors (Lipinski definition) is 1. The number of piperidine rings is 1. The first-order valence-corrected chi connectivity index (χ1v) is 6.01. The van der Waals surface area contributed by atoms with Gasteiger partial charge in [0.15, 0.2) is 0 Å². The van der Waals surface area contributed by atoms with Gasteiger partial charge in [0.25, 0.3) is 0 Å². The van der Waals surface area contributed by atoms with Crippen molar-refractivity contribution < 1.29 is 9.90 Å². The van der Waals surface area contributed by atoms with Crippen LogP contribution in [0.15, 0.2) is 24.5 Å². The maximum Gasteiger partial charge on any atom is 0.227 e. The normalized spacial score (nSPS) is 24.7.